The molecule has 0 unspecified atom stereocenters. The number of amides is 1. The zero-order valence-electron chi connectivity index (χ0n) is 11.0. The molecule has 0 aliphatic carbocycles. The van der Waals surface area contributed by atoms with Gasteiger partial charge in [0, 0.05) is 5.56 Å². The normalized spacial score (nSPS) is 21.1. The molecule has 5 nitrogen and oxygen atoms in total. The fourth-order valence-corrected chi connectivity index (χ4v) is 1.82. The molecule has 1 heterocycles. The molecule has 2 rings (SSSR count). The van der Waals surface area contributed by atoms with Crippen molar-refractivity contribution in [3.63, 3.8) is 0 Å². The summed E-state index contributed by atoms with van der Waals surface area (Å²) in [5.41, 5.74) is 0.576. The summed E-state index contributed by atoms with van der Waals surface area (Å²) in [6.45, 7) is 3.66. The zero-order valence-corrected chi connectivity index (χ0v) is 11.0. The first-order valence-corrected chi connectivity index (χ1v) is 6.16. The number of carbonyl (C=O) groups excluding carboxylic acids is 2. The summed E-state index contributed by atoms with van der Waals surface area (Å²) in [6.07, 6.45) is -0.654. The predicted molar refractivity (Wildman–Crippen MR) is 68.7 cm³/mol. The molecule has 0 saturated carbocycles. The summed E-state index contributed by atoms with van der Waals surface area (Å²) < 4.78 is 10.7. The molecule has 1 atom stereocenters. The highest BCUT2D eigenvalue weighted by Crippen LogP contribution is 2.22. The Kier molecular flexibility index (Phi) is 3.97. The van der Waals surface area contributed by atoms with Crippen LogP contribution in [-0.2, 0) is 14.3 Å². The van der Waals surface area contributed by atoms with Crippen LogP contribution in [0, 0.1) is 0 Å². The molecule has 1 aliphatic heterocycles. The van der Waals surface area contributed by atoms with Crippen molar-refractivity contribution in [2.75, 3.05) is 13.2 Å². The maximum Gasteiger partial charge on any atom is 0.252 e. The van der Waals surface area contributed by atoms with E-state index in [1.807, 2.05) is 6.07 Å². The van der Waals surface area contributed by atoms with Gasteiger partial charge in [0.1, 0.15) is 0 Å². The van der Waals surface area contributed by atoms with E-state index in [1.54, 1.807) is 38.1 Å². The summed E-state index contributed by atoms with van der Waals surface area (Å²) in [7, 11) is 0. The van der Waals surface area contributed by atoms with Crippen LogP contribution in [0.2, 0.25) is 0 Å². The van der Waals surface area contributed by atoms with Crippen LogP contribution in [0.1, 0.15) is 24.2 Å². The van der Waals surface area contributed by atoms with Crippen LogP contribution in [-0.4, -0.2) is 36.7 Å². The van der Waals surface area contributed by atoms with E-state index in [0.29, 0.717) is 5.56 Å². The molecule has 0 aromatic heterocycles. The summed E-state index contributed by atoms with van der Waals surface area (Å²) in [4.78, 5) is 23.6. The minimum atomic E-state index is -0.745. The summed E-state index contributed by atoms with van der Waals surface area (Å²) in [6, 6.07) is 8.83. The van der Waals surface area contributed by atoms with Crippen molar-refractivity contribution in [1.82, 2.24) is 5.32 Å². The van der Waals surface area contributed by atoms with Gasteiger partial charge in [-0.15, -0.1) is 0 Å². The highest BCUT2D eigenvalue weighted by Gasteiger charge is 2.36. The fraction of sp³-hybridized carbons (Fsp3) is 0.429. The van der Waals surface area contributed by atoms with Crippen LogP contribution >= 0.6 is 0 Å². The topological polar surface area (TPSA) is 64.6 Å². The first-order valence-electron chi connectivity index (χ1n) is 6.16. The predicted octanol–water partition coefficient (Wildman–Crippen LogP) is 1.14. The van der Waals surface area contributed by atoms with E-state index in [1.165, 1.54) is 0 Å². The van der Waals surface area contributed by atoms with Crippen LogP contribution < -0.4 is 5.32 Å². The molecule has 102 valence electrons. The summed E-state index contributed by atoms with van der Waals surface area (Å²) in [5, 5.41) is 2.57. The van der Waals surface area contributed by atoms with Crippen molar-refractivity contribution < 1.29 is 19.1 Å². The van der Waals surface area contributed by atoms with Crippen LogP contribution in [0.5, 0.6) is 0 Å². The number of nitrogens with one attached hydrogen (secondary N) is 1. The Morgan fingerprint density at radius 1 is 1.32 bits per heavy atom. The highest BCUT2D eigenvalue weighted by atomic mass is 16.7. The van der Waals surface area contributed by atoms with E-state index >= 15 is 0 Å². The smallest absolute Gasteiger partial charge is 0.252 e. The van der Waals surface area contributed by atoms with E-state index in [9.17, 15) is 9.59 Å². The van der Waals surface area contributed by atoms with Crippen LogP contribution in [0.4, 0.5) is 0 Å². The number of hydrogen-bond acceptors (Lipinski definition) is 4. The van der Waals surface area contributed by atoms with E-state index in [0.717, 1.165) is 0 Å². The van der Waals surface area contributed by atoms with Crippen molar-refractivity contribution in [1.29, 1.82) is 0 Å². The maximum absolute atomic E-state index is 11.8. The molecule has 1 aromatic carbocycles. The quantitative estimate of drug-likeness (QED) is 0.827. The minimum Gasteiger partial charge on any atom is -0.347 e. The second-order valence-corrected chi connectivity index (χ2v) is 4.82. The van der Waals surface area contributed by atoms with E-state index in [4.69, 9.17) is 9.47 Å². The Morgan fingerprint density at radius 3 is 2.58 bits per heavy atom. The van der Waals surface area contributed by atoms with Gasteiger partial charge >= 0.3 is 0 Å². The molecular weight excluding hydrogens is 246 g/mol. The van der Waals surface area contributed by atoms with Gasteiger partial charge in [0.2, 0.25) is 0 Å². The first-order chi connectivity index (χ1) is 8.98. The van der Waals surface area contributed by atoms with E-state index in [2.05, 4.69) is 5.32 Å². The number of ether oxygens (including phenoxy) is 2. The van der Waals surface area contributed by atoms with Crippen molar-refractivity contribution in [3.05, 3.63) is 35.9 Å². The second kappa shape index (κ2) is 5.50. The number of carbonyl (C=O) groups is 2. The summed E-state index contributed by atoms with van der Waals surface area (Å²) in [5.74, 6) is -1.20. The molecule has 5 heteroatoms. The van der Waals surface area contributed by atoms with E-state index in [-0.39, 0.29) is 24.8 Å². The largest absolute Gasteiger partial charge is 0.347 e. The molecule has 1 fully saturated rings. The van der Waals surface area contributed by atoms with Crippen molar-refractivity contribution >= 4 is 11.7 Å². The molecule has 1 amide bonds. The van der Waals surface area contributed by atoms with Gasteiger partial charge in [-0.05, 0) is 13.8 Å². The monoisotopic (exact) mass is 263 g/mol. The third kappa shape index (κ3) is 3.62. The Morgan fingerprint density at radius 2 is 2.00 bits per heavy atom. The lowest BCUT2D eigenvalue weighted by Crippen LogP contribution is -2.39. The van der Waals surface area contributed by atoms with Crippen molar-refractivity contribution in [2.24, 2.45) is 0 Å². The number of rotatable bonds is 4. The average Bonchev–Trinajstić information content (AvgIpc) is 2.77. The average molecular weight is 263 g/mol. The Hall–Kier alpha value is -1.72. The molecule has 1 aromatic rings. The van der Waals surface area contributed by atoms with Crippen LogP contribution in [0.3, 0.4) is 0 Å². The molecule has 0 radical (unpaired) electrons. The summed E-state index contributed by atoms with van der Waals surface area (Å²) >= 11 is 0. The van der Waals surface area contributed by atoms with Crippen molar-refractivity contribution in [2.45, 2.75) is 25.7 Å². The Labute approximate surface area is 111 Å². The molecule has 0 spiro atoms. The second-order valence-electron chi connectivity index (χ2n) is 4.82. The lowest BCUT2D eigenvalue weighted by Gasteiger charge is -2.16. The molecule has 1 N–H and O–H groups in total. The van der Waals surface area contributed by atoms with Crippen LogP contribution in [0.25, 0.3) is 0 Å². The van der Waals surface area contributed by atoms with Gasteiger partial charge in [0.25, 0.3) is 5.91 Å². The lowest BCUT2D eigenvalue weighted by molar-refractivity contribution is -0.153. The Bertz CT molecular complexity index is 470. The highest BCUT2D eigenvalue weighted by molar-refractivity contribution is 5.99. The molecule has 1 aliphatic rings. The van der Waals surface area contributed by atoms with Crippen LogP contribution in [0.15, 0.2) is 30.3 Å². The molecule has 19 heavy (non-hydrogen) atoms. The molecule has 0 bridgehead atoms. The van der Waals surface area contributed by atoms with Gasteiger partial charge in [0.05, 0.1) is 13.2 Å². The number of Topliss-reactive ketones (excluding diaryl/α,β-unsaturated/α-hetero) is 1. The van der Waals surface area contributed by atoms with Gasteiger partial charge < -0.3 is 14.8 Å². The third-order valence-corrected chi connectivity index (χ3v) is 2.82. The molecular formula is C14H17NO4. The van der Waals surface area contributed by atoms with Gasteiger partial charge in [0.15, 0.2) is 17.7 Å². The van der Waals surface area contributed by atoms with E-state index < -0.39 is 11.9 Å². The van der Waals surface area contributed by atoms with Crippen molar-refractivity contribution in [3.8, 4) is 0 Å². The SMILES string of the molecule is CC1(C)OC[C@H](C(=O)NCC(=O)c2ccccc2)O1. The number of benzene rings is 1. The maximum atomic E-state index is 11.8. The van der Waals surface area contributed by atoms with Gasteiger partial charge in [-0.3, -0.25) is 9.59 Å². The van der Waals surface area contributed by atoms with Gasteiger partial charge in [-0.25, -0.2) is 0 Å². The first kappa shape index (κ1) is 13.7. The van der Waals surface area contributed by atoms with Gasteiger partial charge in [-0.2, -0.15) is 0 Å². The number of hydrogen-bond donors (Lipinski definition) is 1. The third-order valence-electron chi connectivity index (χ3n) is 2.82. The zero-order chi connectivity index (χ0) is 13.9. The minimum absolute atomic E-state index is 0.0386. The lowest BCUT2D eigenvalue weighted by atomic mass is 10.1. The molecule has 1 saturated heterocycles. The standard InChI is InChI=1S/C14H17NO4/c1-14(2)18-9-12(19-14)13(17)15-8-11(16)10-6-4-3-5-7-10/h3-7,12H,8-9H2,1-2H3,(H,15,17)/t12-/m1/s1. The number of ketones is 1. The fourth-order valence-electron chi connectivity index (χ4n) is 1.82. The van der Waals surface area contributed by atoms with Gasteiger partial charge in [-0.1, -0.05) is 30.3 Å². The Balaban J connectivity index is 1.83.